The molecule has 1 fully saturated rings. The van der Waals surface area contributed by atoms with E-state index in [1.807, 2.05) is 0 Å². The van der Waals surface area contributed by atoms with Gasteiger partial charge in [-0.3, -0.25) is 9.88 Å². The molecule has 0 unspecified atom stereocenters. The number of nitrogens with one attached hydrogen (secondary N) is 1. The lowest BCUT2D eigenvalue weighted by atomic mass is 10.0. The van der Waals surface area contributed by atoms with Gasteiger partial charge >= 0.3 is 12.4 Å². The van der Waals surface area contributed by atoms with Gasteiger partial charge < -0.3 is 5.32 Å². The predicted octanol–water partition coefficient (Wildman–Crippen LogP) is 7.49. The molecule has 0 amide bonds. The van der Waals surface area contributed by atoms with Crippen LogP contribution in [0.15, 0.2) is 54.9 Å². The summed E-state index contributed by atoms with van der Waals surface area (Å²) in [5.41, 5.74) is -1.23. The Morgan fingerprint density at radius 1 is 0.950 bits per heavy atom. The van der Waals surface area contributed by atoms with Gasteiger partial charge in [0.25, 0.3) is 0 Å². The summed E-state index contributed by atoms with van der Waals surface area (Å²) < 4.78 is 80.0. The third kappa shape index (κ3) is 6.49. The van der Waals surface area contributed by atoms with Crippen molar-refractivity contribution in [2.45, 2.75) is 45.1 Å². The first kappa shape index (κ1) is 27.8. The summed E-state index contributed by atoms with van der Waals surface area (Å²) in [5.74, 6) is 1.38. The summed E-state index contributed by atoms with van der Waals surface area (Å²) in [6.45, 7) is 4.21. The van der Waals surface area contributed by atoms with E-state index in [9.17, 15) is 26.3 Å². The normalized spacial score (nSPS) is 14.2. The number of rotatable bonds is 9. The Balaban J connectivity index is 1.56. The van der Waals surface area contributed by atoms with Gasteiger partial charge in [0.1, 0.15) is 17.3 Å². The summed E-state index contributed by atoms with van der Waals surface area (Å²) in [7, 11) is 0. The number of aromatic nitrogens is 4. The van der Waals surface area contributed by atoms with Crippen LogP contribution in [0.1, 0.15) is 43.3 Å². The molecule has 1 aromatic carbocycles. The highest BCUT2D eigenvalue weighted by atomic mass is 19.4. The average Bonchev–Trinajstić information content (AvgIpc) is 3.72. The molecular weight excluding hydrogens is 534 g/mol. The number of hydrogen-bond donors (Lipinski definition) is 1. The van der Waals surface area contributed by atoms with Gasteiger partial charge in [0.2, 0.25) is 0 Å². The van der Waals surface area contributed by atoms with Gasteiger partial charge in [-0.15, -0.1) is 0 Å². The number of fused-ring (bicyclic) bond motifs is 1. The second-order valence-corrected chi connectivity index (χ2v) is 9.85. The van der Waals surface area contributed by atoms with Crippen molar-refractivity contribution < 1.29 is 26.3 Å². The number of anilines is 2. The van der Waals surface area contributed by atoms with Crippen molar-refractivity contribution in [2.75, 3.05) is 18.4 Å². The van der Waals surface area contributed by atoms with E-state index in [0.717, 1.165) is 37.8 Å². The molecule has 210 valence electrons. The maximum Gasteiger partial charge on any atom is 0.433 e. The molecule has 0 aliphatic heterocycles. The van der Waals surface area contributed by atoms with E-state index in [-0.39, 0.29) is 16.9 Å². The Morgan fingerprint density at radius 3 is 2.40 bits per heavy atom. The van der Waals surface area contributed by atoms with E-state index in [1.165, 1.54) is 43.3 Å². The molecule has 0 bridgehead atoms. The van der Waals surface area contributed by atoms with Crippen LogP contribution in [0.25, 0.3) is 22.2 Å². The van der Waals surface area contributed by atoms with Gasteiger partial charge in [-0.1, -0.05) is 13.0 Å². The Kier molecular flexibility index (Phi) is 7.63. The smallest absolute Gasteiger partial charge is 0.338 e. The van der Waals surface area contributed by atoms with E-state index in [4.69, 9.17) is 0 Å². The zero-order valence-corrected chi connectivity index (χ0v) is 21.5. The van der Waals surface area contributed by atoms with E-state index < -0.39 is 23.6 Å². The summed E-state index contributed by atoms with van der Waals surface area (Å²) in [6, 6.07) is 8.92. The monoisotopic (exact) mass is 560 g/mol. The SMILES string of the molecule is CCCN(Cc1nc(Nc2ccc(C(F)(F)F)nc2)c2ccc(-c3ncccc3C(F)(F)F)cc2n1)CC1CC1. The molecule has 1 aliphatic carbocycles. The lowest BCUT2D eigenvalue weighted by molar-refractivity contribution is -0.141. The molecule has 0 saturated heterocycles. The molecule has 3 heterocycles. The number of pyridine rings is 2. The van der Waals surface area contributed by atoms with Gasteiger partial charge in [-0.25, -0.2) is 15.0 Å². The van der Waals surface area contributed by atoms with Crippen molar-refractivity contribution in [1.29, 1.82) is 0 Å². The highest BCUT2D eigenvalue weighted by Crippen LogP contribution is 2.37. The van der Waals surface area contributed by atoms with Crippen molar-refractivity contribution in [3.8, 4) is 11.3 Å². The summed E-state index contributed by atoms with van der Waals surface area (Å²) in [6.07, 6.45) is -3.55. The van der Waals surface area contributed by atoms with Gasteiger partial charge in [-0.2, -0.15) is 26.3 Å². The fourth-order valence-corrected chi connectivity index (χ4v) is 4.54. The zero-order valence-electron chi connectivity index (χ0n) is 21.5. The van der Waals surface area contributed by atoms with Gasteiger partial charge in [0, 0.05) is 23.7 Å². The molecule has 6 nitrogen and oxygen atoms in total. The summed E-state index contributed by atoms with van der Waals surface area (Å²) in [4.78, 5) is 19.1. The topological polar surface area (TPSA) is 66.8 Å². The highest BCUT2D eigenvalue weighted by molar-refractivity contribution is 5.93. The van der Waals surface area contributed by atoms with Gasteiger partial charge in [0.15, 0.2) is 0 Å². The van der Waals surface area contributed by atoms with Crippen molar-refractivity contribution in [1.82, 2.24) is 24.8 Å². The molecule has 1 aliphatic rings. The second-order valence-electron chi connectivity index (χ2n) is 9.85. The van der Waals surface area contributed by atoms with E-state index in [2.05, 4.69) is 37.1 Å². The van der Waals surface area contributed by atoms with Crippen LogP contribution in [0.5, 0.6) is 0 Å². The average molecular weight is 561 g/mol. The lowest BCUT2D eigenvalue weighted by Gasteiger charge is -2.21. The zero-order chi connectivity index (χ0) is 28.5. The first-order valence-electron chi connectivity index (χ1n) is 12.9. The van der Waals surface area contributed by atoms with Crippen molar-refractivity contribution in [2.24, 2.45) is 5.92 Å². The predicted molar refractivity (Wildman–Crippen MR) is 139 cm³/mol. The van der Waals surface area contributed by atoms with Gasteiger partial charge in [0.05, 0.1) is 35.2 Å². The minimum atomic E-state index is -4.60. The third-order valence-corrected chi connectivity index (χ3v) is 6.56. The second kappa shape index (κ2) is 11.0. The molecule has 0 spiro atoms. The van der Waals surface area contributed by atoms with Crippen LogP contribution >= 0.6 is 0 Å². The van der Waals surface area contributed by atoms with Crippen molar-refractivity contribution in [3.05, 3.63) is 71.9 Å². The quantitative estimate of drug-likeness (QED) is 0.214. The van der Waals surface area contributed by atoms with E-state index in [0.29, 0.717) is 35.0 Å². The maximum absolute atomic E-state index is 13.7. The number of benzene rings is 1. The molecule has 5 rings (SSSR count). The minimum Gasteiger partial charge on any atom is -0.338 e. The minimum absolute atomic E-state index is 0.222. The van der Waals surface area contributed by atoms with Crippen LogP contribution in [0, 0.1) is 5.92 Å². The van der Waals surface area contributed by atoms with Crippen LogP contribution in [-0.4, -0.2) is 37.9 Å². The van der Waals surface area contributed by atoms with Crippen LogP contribution in [-0.2, 0) is 18.9 Å². The first-order chi connectivity index (χ1) is 19.0. The molecule has 0 atom stereocenters. The standard InChI is InChI=1S/C28H26F6N6/c1-2-12-40(15-17-5-6-17)16-24-38-22-13-18(25-21(27(29,30)31)4-3-11-35-25)7-9-20(22)26(39-24)37-19-8-10-23(36-14-19)28(32,33)34/h3-4,7-11,13-14,17H,2,5-6,12,15-16H2,1H3,(H,37,38,39). The molecular formula is C28H26F6N6. The summed E-state index contributed by atoms with van der Waals surface area (Å²) in [5, 5.41) is 3.51. The van der Waals surface area contributed by atoms with Crippen LogP contribution in [0.4, 0.5) is 37.8 Å². The fraction of sp³-hybridized carbons (Fsp3) is 0.357. The molecule has 3 aromatic heterocycles. The molecule has 12 heteroatoms. The van der Waals surface area contributed by atoms with Gasteiger partial charge in [-0.05, 0) is 68.1 Å². The molecule has 0 radical (unpaired) electrons. The Morgan fingerprint density at radius 2 is 1.75 bits per heavy atom. The maximum atomic E-state index is 13.7. The molecule has 4 aromatic rings. The highest BCUT2D eigenvalue weighted by Gasteiger charge is 2.34. The van der Waals surface area contributed by atoms with E-state index in [1.54, 1.807) is 6.07 Å². The molecule has 40 heavy (non-hydrogen) atoms. The number of alkyl halides is 6. The molecule has 1 saturated carbocycles. The lowest BCUT2D eigenvalue weighted by Crippen LogP contribution is -2.27. The van der Waals surface area contributed by atoms with Crippen LogP contribution in [0.3, 0.4) is 0 Å². The van der Waals surface area contributed by atoms with Crippen molar-refractivity contribution >= 4 is 22.4 Å². The Hall–Kier alpha value is -3.80. The largest absolute Gasteiger partial charge is 0.433 e. The van der Waals surface area contributed by atoms with Crippen LogP contribution < -0.4 is 5.32 Å². The Bertz CT molecular complexity index is 1480. The molecule has 1 N–H and O–H groups in total. The number of nitrogens with zero attached hydrogens (tertiary/aromatic N) is 5. The fourth-order valence-electron chi connectivity index (χ4n) is 4.54. The number of hydrogen-bond acceptors (Lipinski definition) is 6. The summed E-state index contributed by atoms with van der Waals surface area (Å²) >= 11 is 0. The van der Waals surface area contributed by atoms with E-state index >= 15 is 0 Å². The van der Waals surface area contributed by atoms with Crippen molar-refractivity contribution in [3.63, 3.8) is 0 Å². The van der Waals surface area contributed by atoms with Crippen LogP contribution in [0.2, 0.25) is 0 Å². The third-order valence-electron chi connectivity index (χ3n) is 6.56. The number of halogens is 6. The first-order valence-corrected chi connectivity index (χ1v) is 12.9. The Labute approximate surface area is 226 Å².